The van der Waals surface area contributed by atoms with Gasteiger partial charge in [0.05, 0.1) is 19.8 Å². The van der Waals surface area contributed by atoms with Crippen LogP contribution >= 0.6 is 0 Å². The highest BCUT2D eigenvalue weighted by Crippen LogP contribution is 2.09. The Hall–Kier alpha value is -1.93. The lowest BCUT2D eigenvalue weighted by molar-refractivity contribution is 0.00139. The van der Waals surface area contributed by atoms with Gasteiger partial charge < -0.3 is 20.3 Å². The fourth-order valence-electron chi connectivity index (χ4n) is 3.08. The Bertz CT molecular complexity index is 530. The summed E-state index contributed by atoms with van der Waals surface area (Å²) in [6.07, 6.45) is 3.55. The van der Waals surface area contributed by atoms with E-state index in [4.69, 9.17) is 10.5 Å². The molecule has 3 heterocycles. The zero-order valence-electron chi connectivity index (χ0n) is 14.3. The summed E-state index contributed by atoms with van der Waals surface area (Å²) in [6, 6.07) is 2.30. The number of anilines is 1. The van der Waals surface area contributed by atoms with Crippen LogP contribution in [0.25, 0.3) is 0 Å². The molecule has 2 saturated heterocycles. The molecule has 8 nitrogen and oxygen atoms in total. The number of ether oxygens (including phenoxy) is 1. The van der Waals surface area contributed by atoms with E-state index in [0.29, 0.717) is 12.0 Å². The average Bonchev–Trinajstić information content (AvgIpc) is 2.64. The SMILES string of the molecule is CC1COCCN1CCN=C(N)N1CCN(c2ncccn2)CC1. The second-order valence-electron chi connectivity index (χ2n) is 6.22. The summed E-state index contributed by atoms with van der Waals surface area (Å²) in [5, 5.41) is 0. The third-order valence-electron chi connectivity index (χ3n) is 4.60. The summed E-state index contributed by atoms with van der Waals surface area (Å²) in [5.74, 6) is 1.43. The van der Waals surface area contributed by atoms with Gasteiger partial charge in [-0.15, -0.1) is 0 Å². The lowest BCUT2D eigenvalue weighted by Crippen LogP contribution is -2.51. The molecule has 2 N–H and O–H groups in total. The Balaban J connectivity index is 1.43. The molecular formula is C16H27N7O. The molecular weight excluding hydrogens is 306 g/mol. The zero-order chi connectivity index (χ0) is 16.8. The smallest absolute Gasteiger partial charge is 0.225 e. The predicted octanol–water partition coefficient (Wildman–Crippen LogP) is -0.366. The summed E-state index contributed by atoms with van der Waals surface area (Å²) in [7, 11) is 0. The van der Waals surface area contributed by atoms with Crippen LogP contribution in [-0.2, 0) is 4.74 Å². The van der Waals surface area contributed by atoms with Gasteiger partial charge in [-0.25, -0.2) is 9.97 Å². The van der Waals surface area contributed by atoms with Crippen molar-refractivity contribution >= 4 is 11.9 Å². The molecule has 0 aliphatic carbocycles. The van der Waals surface area contributed by atoms with Gasteiger partial charge >= 0.3 is 0 Å². The summed E-state index contributed by atoms with van der Waals surface area (Å²) < 4.78 is 5.46. The van der Waals surface area contributed by atoms with E-state index in [1.54, 1.807) is 12.4 Å². The third-order valence-corrected chi connectivity index (χ3v) is 4.60. The fourth-order valence-corrected chi connectivity index (χ4v) is 3.08. The largest absolute Gasteiger partial charge is 0.379 e. The number of nitrogens with two attached hydrogens (primary N) is 1. The average molecular weight is 333 g/mol. The molecule has 0 spiro atoms. The van der Waals surface area contributed by atoms with Crippen molar-refractivity contribution in [3.8, 4) is 0 Å². The highest BCUT2D eigenvalue weighted by atomic mass is 16.5. The fraction of sp³-hybridized carbons (Fsp3) is 0.688. The number of hydrogen-bond acceptors (Lipinski definition) is 6. The van der Waals surface area contributed by atoms with Gasteiger partial charge in [0.1, 0.15) is 0 Å². The second-order valence-corrected chi connectivity index (χ2v) is 6.22. The van der Waals surface area contributed by atoms with Crippen molar-refractivity contribution in [3.63, 3.8) is 0 Å². The first-order chi connectivity index (χ1) is 11.7. The summed E-state index contributed by atoms with van der Waals surface area (Å²) in [5.41, 5.74) is 6.17. The third kappa shape index (κ3) is 4.33. The van der Waals surface area contributed by atoms with Gasteiger partial charge in [0.15, 0.2) is 5.96 Å². The monoisotopic (exact) mass is 333 g/mol. The lowest BCUT2D eigenvalue weighted by atomic mass is 10.2. The van der Waals surface area contributed by atoms with E-state index in [1.807, 2.05) is 6.07 Å². The number of aromatic nitrogens is 2. The van der Waals surface area contributed by atoms with Crippen molar-refractivity contribution in [2.24, 2.45) is 10.7 Å². The molecule has 0 saturated carbocycles. The maximum absolute atomic E-state index is 6.17. The number of nitrogens with zero attached hydrogens (tertiary/aromatic N) is 6. The van der Waals surface area contributed by atoms with Crippen molar-refractivity contribution in [3.05, 3.63) is 18.5 Å². The van der Waals surface area contributed by atoms with Gasteiger partial charge in [-0.3, -0.25) is 9.89 Å². The van der Waals surface area contributed by atoms with Crippen molar-refractivity contribution in [2.75, 3.05) is 63.9 Å². The van der Waals surface area contributed by atoms with Gasteiger partial charge in [-0.1, -0.05) is 0 Å². The first kappa shape index (κ1) is 16.9. The number of rotatable bonds is 4. The zero-order valence-corrected chi connectivity index (χ0v) is 14.3. The van der Waals surface area contributed by atoms with Crippen LogP contribution in [0.3, 0.4) is 0 Å². The highest BCUT2D eigenvalue weighted by molar-refractivity contribution is 5.78. The van der Waals surface area contributed by atoms with E-state index < -0.39 is 0 Å². The van der Waals surface area contributed by atoms with Crippen LogP contribution in [0.1, 0.15) is 6.92 Å². The number of guanidine groups is 1. The lowest BCUT2D eigenvalue weighted by Gasteiger charge is -2.35. The van der Waals surface area contributed by atoms with E-state index in [2.05, 4.69) is 36.6 Å². The molecule has 0 amide bonds. The molecule has 2 aliphatic rings. The van der Waals surface area contributed by atoms with E-state index in [-0.39, 0.29) is 0 Å². The molecule has 1 aromatic heterocycles. The molecule has 0 radical (unpaired) electrons. The van der Waals surface area contributed by atoms with Crippen molar-refractivity contribution in [1.29, 1.82) is 0 Å². The Morgan fingerprint density at radius 3 is 2.71 bits per heavy atom. The topological polar surface area (TPSA) is 83.1 Å². The van der Waals surface area contributed by atoms with Crippen LogP contribution < -0.4 is 10.6 Å². The van der Waals surface area contributed by atoms with Crippen LogP contribution in [0.15, 0.2) is 23.5 Å². The van der Waals surface area contributed by atoms with Crippen molar-refractivity contribution in [1.82, 2.24) is 19.8 Å². The quantitative estimate of drug-likeness (QED) is 0.595. The Kier molecular flexibility index (Phi) is 5.81. The van der Waals surface area contributed by atoms with Crippen molar-refractivity contribution < 1.29 is 4.74 Å². The van der Waals surface area contributed by atoms with Gasteiger partial charge in [0.25, 0.3) is 0 Å². The standard InChI is InChI=1S/C16H27N7O/c1-14-13-24-12-11-21(14)6-5-18-15(17)22-7-9-23(10-8-22)16-19-3-2-4-20-16/h2-4,14H,5-13H2,1H3,(H2,17,18). The van der Waals surface area contributed by atoms with Crippen LogP contribution in [0, 0.1) is 0 Å². The van der Waals surface area contributed by atoms with E-state index in [0.717, 1.165) is 65.0 Å². The number of hydrogen-bond donors (Lipinski definition) is 1. The minimum atomic E-state index is 0.463. The van der Waals surface area contributed by atoms with Crippen LogP contribution in [0.4, 0.5) is 5.95 Å². The molecule has 1 aromatic rings. The summed E-state index contributed by atoms with van der Waals surface area (Å²) in [6.45, 7) is 9.88. The van der Waals surface area contributed by atoms with E-state index in [1.165, 1.54) is 0 Å². The summed E-state index contributed by atoms with van der Waals surface area (Å²) in [4.78, 5) is 19.9. The minimum Gasteiger partial charge on any atom is -0.379 e. The van der Waals surface area contributed by atoms with Gasteiger partial charge in [-0.2, -0.15) is 0 Å². The summed E-state index contributed by atoms with van der Waals surface area (Å²) >= 11 is 0. The van der Waals surface area contributed by atoms with Crippen LogP contribution in [0.2, 0.25) is 0 Å². The molecule has 2 aliphatic heterocycles. The highest BCUT2D eigenvalue weighted by Gasteiger charge is 2.20. The molecule has 1 atom stereocenters. The maximum Gasteiger partial charge on any atom is 0.225 e. The normalized spacial score (nSPS) is 23.5. The first-order valence-electron chi connectivity index (χ1n) is 8.62. The van der Waals surface area contributed by atoms with Crippen molar-refractivity contribution in [2.45, 2.75) is 13.0 Å². The Labute approximate surface area is 143 Å². The molecule has 24 heavy (non-hydrogen) atoms. The molecule has 132 valence electrons. The van der Waals surface area contributed by atoms with Crippen LogP contribution in [0.5, 0.6) is 0 Å². The number of morpholine rings is 1. The first-order valence-corrected chi connectivity index (χ1v) is 8.62. The second kappa shape index (κ2) is 8.25. The molecule has 1 unspecified atom stereocenters. The van der Waals surface area contributed by atoms with E-state index in [9.17, 15) is 0 Å². The van der Waals surface area contributed by atoms with E-state index >= 15 is 0 Å². The molecule has 3 rings (SSSR count). The molecule has 8 heteroatoms. The van der Waals surface area contributed by atoms with Gasteiger partial charge in [0, 0.05) is 57.7 Å². The van der Waals surface area contributed by atoms with Gasteiger partial charge in [0.2, 0.25) is 5.95 Å². The van der Waals surface area contributed by atoms with Gasteiger partial charge in [-0.05, 0) is 13.0 Å². The molecule has 2 fully saturated rings. The number of piperazine rings is 1. The Morgan fingerprint density at radius 2 is 2.00 bits per heavy atom. The minimum absolute atomic E-state index is 0.463. The Morgan fingerprint density at radius 1 is 1.25 bits per heavy atom. The van der Waals surface area contributed by atoms with Crippen LogP contribution in [-0.4, -0.2) is 90.8 Å². The molecule has 0 aromatic carbocycles. The predicted molar refractivity (Wildman–Crippen MR) is 94.2 cm³/mol. The maximum atomic E-state index is 6.17. The number of aliphatic imine (C=N–C) groups is 1. The molecule has 0 bridgehead atoms.